The third kappa shape index (κ3) is 3.22. The Morgan fingerprint density at radius 2 is 2.16 bits per heavy atom. The van der Waals surface area contributed by atoms with Crippen molar-refractivity contribution in [1.82, 2.24) is 15.2 Å². The number of nitrogens with one attached hydrogen (secondary N) is 2. The van der Waals surface area contributed by atoms with Crippen LogP contribution in [0.4, 0.5) is 5.69 Å². The molecule has 25 heavy (non-hydrogen) atoms. The summed E-state index contributed by atoms with van der Waals surface area (Å²) >= 11 is 1.58. The third-order valence-electron chi connectivity index (χ3n) is 3.58. The van der Waals surface area contributed by atoms with Gasteiger partial charge in [0.2, 0.25) is 0 Å². The molecule has 6 nitrogen and oxygen atoms in total. The van der Waals surface area contributed by atoms with Crippen LogP contribution in [0.1, 0.15) is 16.2 Å². The predicted octanol–water partition coefficient (Wildman–Crippen LogP) is 4.35. The molecule has 0 saturated heterocycles. The molecule has 0 fully saturated rings. The minimum atomic E-state index is -0.290. The van der Waals surface area contributed by atoms with E-state index in [2.05, 4.69) is 20.5 Å². The van der Waals surface area contributed by atoms with Crippen LogP contribution in [-0.4, -0.2) is 21.1 Å². The van der Waals surface area contributed by atoms with Crippen molar-refractivity contribution in [3.63, 3.8) is 0 Å². The molecule has 7 heteroatoms. The van der Waals surface area contributed by atoms with Gasteiger partial charge >= 0.3 is 0 Å². The number of hydrogen-bond donors (Lipinski definition) is 2. The number of anilines is 1. The zero-order valence-corrected chi connectivity index (χ0v) is 14.1. The van der Waals surface area contributed by atoms with Crippen LogP contribution in [0.25, 0.3) is 22.0 Å². The summed E-state index contributed by atoms with van der Waals surface area (Å²) in [5.74, 6) is 0.342. The highest BCUT2D eigenvalue weighted by atomic mass is 32.1. The van der Waals surface area contributed by atoms with Crippen molar-refractivity contribution in [2.24, 2.45) is 0 Å². The van der Waals surface area contributed by atoms with Crippen molar-refractivity contribution in [1.29, 1.82) is 0 Å². The van der Waals surface area contributed by atoms with Crippen molar-refractivity contribution < 1.29 is 9.21 Å². The van der Waals surface area contributed by atoms with E-state index in [0.29, 0.717) is 22.8 Å². The first-order chi connectivity index (χ1) is 12.2. The summed E-state index contributed by atoms with van der Waals surface area (Å²) < 4.78 is 5.29. The van der Waals surface area contributed by atoms with Gasteiger partial charge < -0.3 is 9.73 Å². The van der Waals surface area contributed by atoms with Gasteiger partial charge in [0.25, 0.3) is 5.91 Å². The van der Waals surface area contributed by atoms with Crippen molar-refractivity contribution in [2.75, 3.05) is 5.32 Å². The van der Waals surface area contributed by atoms with Gasteiger partial charge in [0.15, 0.2) is 11.5 Å². The van der Waals surface area contributed by atoms with Crippen molar-refractivity contribution >= 4 is 22.9 Å². The Balaban J connectivity index is 1.53. The second-order valence-corrected chi connectivity index (χ2v) is 6.33. The number of aromatic nitrogens is 3. The van der Waals surface area contributed by atoms with Gasteiger partial charge in [0.05, 0.1) is 6.26 Å². The highest BCUT2D eigenvalue weighted by Crippen LogP contribution is 2.26. The van der Waals surface area contributed by atoms with Gasteiger partial charge in [-0.25, -0.2) is 4.98 Å². The van der Waals surface area contributed by atoms with E-state index in [4.69, 9.17) is 4.42 Å². The molecule has 0 bridgehead atoms. The number of benzene rings is 1. The third-order valence-corrected chi connectivity index (χ3v) is 4.59. The molecule has 1 aromatic carbocycles. The molecule has 0 aliphatic carbocycles. The summed E-state index contributed by atoms with van der Waals surface area (Å²) in [6.45, 7) is 1.96. The van der Waals surface area contributed by atoms with E-state index in [1.54, 1.807) is 35.8 Å². The first-order valence-corrected chi connectivity index (χ1v) is 8.50. The van der Waals surface area contributed by atoms with Crippen LogP contribution >= 0.6 is 11.3 Å². The van der Waals surface area contributed by atoms with Crippen molar-refractivity contribution in [2.45, 2.75) is 6.92 Å². The first kappa shape index (κ1) is 15.3. The van der Waals surface area contributed by atoms with Gasteiger partial charge in [-0.05, 0) is 31.2 Å². The predicted molar refractivity (Wildman–Crippen MR) is 96.5 cm³/mol. The van der Waals surface area contributed by atoms with Gasteiger partial charge in [-0.3, -0.25) is 9.89 Å². The maximum atomic E-state index is 12.4. The maximum absolute atomic E-state index is 12.4. The fourth-order valence-corrected chi connectivity index (χ4v) is 3.20. The highest BCUT2D eigenvalue weighted by molar-refractivity contribution is 7.13. The Morgan fingerprint density at radius 1 is 1.24 bits per heavy atom. The number of aryl methyl sites for hydroxylation is 1. The van der Waals surface area contributed by atoms with E-state index in [0.717, 1.165) is 16.3 Å². The number of furan rings is 1. The van der Waals surface area contributed by atoms with Crippen LogP contribution < -0.4 is 5.32 Å². The molecule has 0 unspecified atom stereocenters. The first-order valence-electron chi connectivity index (χ1n) is 7.62. The highest BCUT2D eigenvalue weighted by Gasteiger charge is 2.13. The summed E-state index contributed by atoms with van der Waals surface area (Å²) in [4.78, 5) is 16.9. The summed E-state index contributed by atoms with van der Waals surface area (Å²) in [7, 11) is 0. The molecule has 4 aromatic rings. The number of hydrogen-bond acceptors (Lipinski definition) is 5. The van der Waals surface area contributed by atoms with Gasteiger partial charge in [-0.15, -0.1) is 11.3 Å². The molecular formula is C18H14N4O2S. The summed E-state index contributed by atoms with van der Waals surface area (Å²) in [6.07, 6.45) is 1.57. The minimum absolute atomic E-state index is 0.290. The molecule has 0 aliphatic heterocycles. The Kier molecular flexibility index (Phi) is 3.91. The molecule has 0 atom stereocenters. The smallest absolute Gasteiger partial charge is 0.276 e. The van der Waals surface area contributed by atoms with Crippen LogP contribution in [0.5, 0.6) is 0 Å². The molecule has 2 N–H and O–H groups in total. The number of amides is 1. The van der Waals surface area contributed by atoms with Gasteiger partial charge in [0, 0.05) is 28.4 Å². The number of carbonyl (C=O) groups is 1. The molecule has 0 radical (unpaired) electrons. The van der Waals surface area contributed by atoms with E-state index in [-0.39, 0.29) is 5.91 Å². The second kappa shape index (κ2) is 6.37. The fraction of sp³-hybridized carbons (Fsp3) is 0.0556. The lowest BCUT2D eigenvalue weighted by molar-refractivity contribution is 0.102. The average molecular weight is 350 g/mol. The summed E-state index contributed by atoms with van der Waals surface area (Å²) in [5.41, 5.74) is 3.59. The van der Waals surface area contributed by atoms with E-state index in [9.17, 15) is 4.79 Å². The van der Waals surface area contributed by atoms with Crippen LogP contribution in [0, 0.1) is 6.92 Å². The maximum Gasteiger partial charge on any atom is 0.276 e. The quantitative estimate of drug-likeness (QED) is 0.573. The van der Waals surface area contributed by atoms with Gasteiger partial charge in [0.1, 0.15) is 10.7 Å². The normalized spacial score (nSPS) is 10.8. The molecule has 0 aliphatic rings. The standard InChI is InChI=1S/C18H14N4O2S/c1-11-10-25-18(19-11)12-4-2-5-13(8-12)20-17(23)15-9-14(21-22-15)16-6-3-7-24-16/h2-10H,1H3,(H,20,23)(H,21,22). The fourth-order valence-electron chi connectivity index (χ4n) is 2.41. The largest absolute Gasteiger partial charge is 0.463 e. The molecule has 3 heterocycles. The Bertz CT molecular complexity index is 1020. The summed E-state index contributed by atoms with van der Waals surface area (Å²) in [5, 5.41) is 12.6. The van der Waals surface area contributed by atoms with E-state index in [1.165, 1.54) is 0 Å². The number of aromatic amines is 1. The van der Waals surface area contributed by atoms with Gasteiger partial charge in [-0.2, -0.15) is 5.10 Å². The average Bonchev–Trinajstić information content (AvgIpc) is 3.36. The molecule has 0 saturated carbocycles. The van der Waals surface area contributed by atoms with E-state index >= 15 is 0 Å². The van der Waals surface area contributed by atoms with E-state index < -0.39 is 0 Å². The topological polar surface area (TPSA) is 83.8 Å². The summed E-state index contributed by atoms with van der Waals surface area (Å²) in [6, 6.07) is 12.8. The van der Waals surface area contributed by atoms with Crippen molar-refractivity contribution in [3.8, 4) is 22.0 Å². The molecule has 124 valence electrons. The number of H-pyrrole nitrogens is 1. The lowest BCUT2D eigenvalue weighted by Crippen LogP contribution is -2.12. The van der Waals surface area contributed by atoms with Crippen LogP contribution in [-0.2, 0) is 0 Å². The Morgan fingerprint density at radius 3 is 2.92 bits per heavy atom. The number of thiazole rings is 1. The zero-order valence-electron chi connectivity index (χ0n) is 13.3. The Labute approximate surface area is 147 Å². The van der Waals surface area contributed by atoms with Crippen LogP contribution in [0.3, 0.4) is 0 Å². The molecule has 4 rings (SSSR count). The molecule has 0 spiro atoms. The number of nitrogens with zero attached hydrogens (tertiary/aromatic N) is 2. The minimum Gasteiger partial charge on any atom is -0.463 e. The zero-order chi connectivity index (χ0) is 17.2. The van der Waals surface area contributed by atoms with Crippen LogP contribution in [0.15, 0.2) is 58.5 Å². The van der Waals surface area contributed by atoms with Crippen molar-refractivity contribution in [3.05, 3.63) is 65.5 Å². The van der Waals surface area contributed by atoms with E-state index in [1.807, 2.05) is 36.6 Å². The molecule has 1 amide bonds. The number of carbonyl (C=O) groups excluding carboxylic acids is 1. The SMILES string of the molecule is Cc1csc(-c2cccc(NC(=O)c3cc(-c4ccco4)[nH]n3)c2)n1. The molecule has 3 aromatic heterocycles. The lowest BCUT2D eigenvalue weighted by Gasteiger charge is -2.04. The Hall–Kier alpha value is -3.19. The second-order valence-electron chi connectivity index (χ2n) is 5.47. The monoisotopic (exact) mass is 350 g/mol. The molecular weight excluding hydrogens is 336 g/mol. The van der Waals surface area contributed by atoms with Crippen LogP contribution in [0.2, 0.25) is 0 Å². The lowest BCUT2D eigenvalue weighted by atomic mass is 10.2. The van der Waals surface area contributed by atoms with Gasteiger partial charge in [-0.1, -0.05) is 12.1 Å². The number of rotatable bonds is 4.